The Hall–Kier alpha value is -2.02. The molecule has 1 aliphatic carbocycles. The normalized spacial score (nSPS) is 23.8. The second-order valence-corrected chi connectivity index (χ2v) is 8.63. The number of benzene rings is 1. The molecule has 1 unspecified atom stereocenters. The zero-order valence-electron chi connectivity index (χ0n) is 16.7. The molecule has 0 radical (unpaired) electrons. The van der Waals surface area contributed by atoms with Crippen LogP contribution in [0.2, 0.25) is 0 Å². The molecular weight excluding hydrogens is 376 g/mol. The summed E-state index contributed by atoms with van der Waals surface area (Å²) in [7, 11) is 0. The first-order chi connectivity index (χ1) is 14.0. The van der Waals surface area contributed by atoms with Crippen molar-refractivity contribution in [2.75, 3.05) is 26.2 Å². The number of rotatable bonds is 5. The third-order valence-corrected chi connectivity index (χ3v) is 6.49. The molecule has 0 aromatic heterocycles. The summed E-state index contributed by atoms with van der Waals surface area (Å²) in [5.74, 6) is -1.28. The number of hydrogen-bond donors (Lipinski definition) is 1. The largest absolute Gasteiger partial charge is 0.352 e. The van der Waals surface area contributed by atoms with E-state index >= 15 is 0 Å². The molecule has 7 heteroatoms. The van der Waals surface area contributed by atoms with E-state index in [2.05, 4.69) is 10.2 Å². The molecule has 1 saturated carbocycles. The molecule has 2 aliphatic heterocycles. The lowest BCUT2D eigenvalue weighted by atomic mass is 9.93. The maximum Gasteiger partial charge on any atom is 0.225 e. The second kappa shape index (κ2) is 8.78. The average Bonchev–Trinajstić information content (AvgIpc) is 3.59. The molecule has 2 heterocycles. The Morgan fingerprint density at radius 1 is 0.966 bits per heavy atom. The van der Waals surface area contributed by atoms with E-state index in [9.17, 15) is 18.4 Å². The van der Waals surface area contributed by atoms with Crippen molar-refractivity contribution in [2.24, 2.45) is 11.8 Å². The van der Waals surface area contributed by atoms with E-state index < -0.39 is 11.6 Å². The Morgan fingerprint density at radius 2 is 1.72 bits per heavy atom. The molecule has 29 heavy (non-hydrogen) atoms. The van der Waals surface area contributed by atoms with Crippen LogP contribution in [0.4, 0.5) is 8.78 Å². The van der Waals surface area contributed by atoms with Gasteiger partial charge in [-0.2, -0.15) is 0 Å². The number of carbonyl (C=O) groups excluding carboxylic acids is 2. The van der Waals surface area contributed by atoms with E-state index in [0.717, 1.165) is 76.8 Å². The van der Waals surface area contributed by atoms with E-state index in [-0.39, 0.29) is 24.3 Å². The van der Waals surface area contributed by atoms with Gasteiger partial charge < -0.3 is 10.2 Å². The Labute approximate surface area is 170 Å². The molecule has 2 amide bonds. The first-order valence-corrected chi connectivity index (χ1v) is 10.8. The monoisotopic (exact) mass is 405 g/mol. The van der Waals surface area contributed by atoms with E-state index in [1.807, 2.05) is 4.90 Å². The van der Waals surface area contributed by atoms with Crippen molar-refractivity contribution in [3.63, 3.8) is 0 Å². The SMILES string of the molecule is O=C(NCc1ccc(F)c(F)c1)C1CCCN(C2CCN(C(=O)C3CC3)CC2)C1. The maximum atomic E-state index is 13.3. The lowest BCUT2D eigenvalue weighted by Gasteiger charge is -2.42. The van der Waals surface area contributed by atoms with Gasteiger partial charge in [0.05, 0.1) is 5.92 Å². The summed E-state index contributed by atoms with van der Waals surface area (Å²) < 4.78 is 26.4. The highest BCUT2D eigenvalue weighted by atomic mass is 19.2. The fourth-order valence-electron chi connectivity index (χ4n) is 4.58. The molecule has 1 N–H and O–H groups in total. The third-order valence-electron chi connectivity index (χ3n) is 6.49. The van der Waals surface area contributed by atoms with Crippen LogP contribution in [0.1, 0.15) is 44.1 Å². The zero-order valence-corrected chi connectivity index (χ0v) is 16.7. The van der Waals surface area contributed by atoms with Gasteiger partial charge in [-0.05, 0) is 62.8 Å². The second-order valence-electron chi connectivity index (χ2n) is 8.63. The van der Waals surface area contributed by atoms with Crippen LogP contribution >= 0.6 is 0 Å². The Balaban J connectivity index is 1.25. The summed E-state index contributed by atoms with van der Waals surface area (Å²) in [6, 6.07) is 4.13. The number of likely N-dealkylation sites (tertiary alicyclic amines) is 2. The van der Waals surface area contributed by atoms with E-state index in [0.29, 0.717) is 17.5 Å². The van der Waals surface area contributed by atoms with Crippen molar-refractivity contribution in [1.82, 2.24) is 15.1 Å². The van der Waals surface area contributed by atoms with Crippen LogP contribution in [0.15, 0.2) is 18.2 Å². The van der Waals surface area contributed by atoms with Gasteiger partial charge in [0.2, 0.25) is 11.8 Å². The quantitative estimate of drug-likeness (QED) is 0.820. The minimum Gasteiger partial charge on any atom is -0.352 e. The predicted molar refractivity (Wildman–Crippen MR) is 105 cm³/mol. The first kappa shape index (κ1) is 20.3. The van der Waals surface area contributed by atoms with Gasteiger partial charge in [0.15, 0.2) is 11.6 Å². The van der Waals surface area contributed by atoms with Crippen LogP contribution in [0.5, 0.6) is 0 Å². The van der Waals surface area contributed by atoms with Gasteiger partial charge in [-0.1, -0.05) is 6.07 Å². The van der Waals surface area contributed by atoms with Crippen LogP contribution in [-0.2, 0) is 16.1 Å². The summed E-state index contributed by atoms with van der Waals surface area (Å²) in [5.41, 5.74) is 0.553. The fourth-order valence-corrected chi connectivity index (χ4v) is 4.58. The minimum absolute atomic E-state index is 0.0271. The molecule has 2 saturated heterocycles. The molecule has 1 atom stereocenters. The molecule has 1 aromatic carbocycles. The van der Waals surface area contributed by atoms with Gasteiger partial charge in [-0.15, -0.1) is 0 Å². The topological polar surface area (TPSA) is 52.7 Å². The van der Waals surface area contributed by atoms with E-state index in [4.69, 9.17) is 0 Å². The summed E-state index contributed by atoms with van der Waals surface area (Å²) >= 11 is 0. The van der Waals surface area contributed by atoms with E-state index in [1.165, 1.54) is 6.07 Å². The van der Waals surface area contributed by atoms with Crippen LogP contribution in [0, 0.1) is 23.5 Å². The van der Waals surface area contributed by atoms with Crippen molar-refractivity contribution >= 4 is 11.8 Å². The lowest BCUT2D eigenvalue weighted by molar-refractivity contribution is -0.134. The van der Waals surface area contributed by atoms with Gasteiger partial charge in [-0.3, -0.25) is 14.5 Å². The Bertz CT molecular complexity index is 760. The lowest BCUT2D eigenvalue weighted by Crippen LogP contribution is -2.51. The number of halogens is 2. The van der Waals surface area contributed by atoms with Crippen LogP contribution < -0.4 is 5.32 Å². The molecule has 0 spiro atoms. The van der Waals surface area contributed by atoms with Crippen molar-refractivity contribution in [3.8, 4) is 0 Å². The minimum atomic E-state index is -0.896. The Morgan fingerprint density at radius 3 is 2.41 bits per heavy atom. The van der Waals surface area contributed by atoms with Crippen molar-refractivity contribution in [2.45, 2.75) is 51.1 Å². The van der Waals surface area contributed by atoms with E-state index in [1.54, 1.807) is 0 Å². The highest BCUT2D eigenvalue weighted by Gasteiger charge is 2.37. The number of carbonyl (C=O) groups is 2. The molecule has 158 valence electrons. The van der Waals surface area contributed by atoms with Gasteiger partial charge in [0.1, 0.15) is 0 Å². The Kier molecular flexibility index (Phi) is 6.13. The molecule has 4 rings (SSSR count). The number of piperidine rings is 2. The highest BCUT2D eigenvalue weighted by molar-refractivity contribution is 5.81. The van der Waals surface area contributed by atoms with Crippen molar-refractivity contribution in [1.29, 1.82) is 0 Å². The number of amides is 2. The average molecular weight is 405 g/mol. The molecule has 0 bridgehead atoms. The molecular formula is C22H29F2N3O2. The molecule has 1 aromatic rings. The predicted octanol–water partition coefficient (Wildman–Crippen LogP) is 2.69. The summed E-state index contributed by atoms with van der Waals surface area (Å²) in [6.45, 7) is 3.57. The number of nitrogens with zero attached hydrogens (tertiary/aromatic N) is 2. The maximum absolute atomic E-state index is 13.3. The summed E-state index contributed by atoms with van der Waals surface area (Å²) in [5, 5.41) is 2.87. The standard InChI is InChI=1S/C22H29F2N3O2/c23-19-6-3-15(12-20(19)24)13-25-21(28)17-2-1-9-27(14-17)18-7-10-26(11-8-18)22(29)16-4-5-16/h3,6,12,16-18H,1-2,4-5,7-11,13-14H2,(H,25,28). The van der Waals surface area contributed by atoms with Crippen LogP contribution in [0.3, 0.4) is 0 Å². The van der Waals surface area contributed by atoms with Gasteiger partial charge >= 0.3 is 0 Å². The molecule has 3 fully saturated rings. The summed E-state index contributed by atoms with van der Waals surface area (Å²) in [4.78, 5) is 29.3. The van der Waals surface area contributed by atoms with Gasteiger partial charge in [-0.25, -0.2) is 8.78 Å². The first-order valence-electron chi connectivity index (χ1n) is 10.8. The third kappa shape index (κ3) is 4.94. The van der Waals surface area contributed by atoms with Gasteiger partial charge in [0, 0.05) is 38.1 Å². The van der Waals surface area contributed by atoms with Crippen molar-refractivity contribution < 1.29 is 18.4 Å². The fraction of sp³-hybridized carbons (Fsp3) is 0.636. The zero-order chi connectivity index (χ0) is 20.4. The highest BCUT2D eigenvalue weighted by Crippen LogP contribution is 2.32. The summed E-state index contributed by atoms with van der Waals surface area (Å²) in [6.07, 6.45) is 5.87. The van der Waals surface area contributed by atoms with Gasteiger partial charge in [0.25, 0.3) is 0 Å². The van der Waals surface area contributed by atoms with Crippen LogP contribution in [0.25, 0.3) is 0 Å². The smallest absolute Gasteiger partial charge is 0.225 e. The molecule has 5 nitrogen and oxygen atoms in total. The number of nitrogens with one attached hydrogen (secondary N) is 1. The van der Waals surface area contributed by atoms with Crippen LogP contribution in [-0.4, -0.2) is 53.8 Å². The number of hydrogen-bond acceptors (Lipinski definition) is 3. The van der Waals surface area contributed by atoms with Crippen molar-refractivity contribution in [3.05, 3.63) is 35.4 Å². The molecule has 3 aliphatic rings.